The fourth-order valence-electron chi connectivity index (χ4n) is 0.604. The van der Waals surface area contributed by atoms with Crippen LogP contribution in [0, 0.1) is 5.92 Å². The molecule has 0 fully saturated rings. The quantitative estimate of drug-likeness (QED) is 0.466. The van der Waals surface area contributed by atoms with Crippen molar-refractivity contribution in [2.24, 2.45) is 5.92 Å². The van der Waals surface area contributed by atoms with E-state index in [1.54, 1.807) is 6.92 Å². The average molecular weight is 190 g/mol. The zero-order valence-electron chi connectivity index (χ0n) is 8.70. The highest BCUT2D eigenvalue weighted by molar-refractivity contribution is 5.74. The Kier molecular flexibility index (Phi) is 6.54. The molecule has 0 saturated heterocycles. The van der Waals surface area contributed by atoms with Crippen LogP contribution in [-0.4, -0.2) is 32.6 Å². The SMILES string of the molecule is COCO[C@H](C)C(=O)OCC(C)C. The first-order valence-corrected chi connectivity index (χ1v) is 4.35. The molecule has 0 aromatic heterocycles. The van der Waals surface area contributed by atoms with Crippen LogP contribution < -0.4 is 0 Å². The van der Waals surface area contributed by atoms with Crippen molar-refractivity contribution in [2.75, 3.05) is 20.5 Å². The maximum atomic E-state index is 11.2. The Hall–Kier alpha value is -0.610. The maximum Gasteiger partial charge on any atom is 0.335 e. The first-order valence-electron chi connectivity index (χ1n) is 4.35. The summed E-state index contributed by atoms with van der Waals surface area (Å²) in [7, 11) is 1.51. The van der Waals surface area contributed by atoms with E-state index in [-0.39, 0.29) is 12.8 Å². The van der Waals surface area contributed by atoms with Gasteiger partial charge in [-0.3, -0.25) is 0 Å². The third-order valence-corrected chi connectivity index (χ3v) is 1.33. The Labute approximate surface area is 79.2 Å². The van der Waals surface area contributed by atoms with E-state index in [4.69, 9.17) is 9.47 Å². The Morgan fingerprint density at radius 1 is 1.31 bits per heavy atom. The lowest BCUT2D eigenvalue weighted by molar-refractivity contribution is -0.164. The van der Waals surface area contributed by atoms with Gasteiger partial charge in [-0.1, -0.05) is 13.8 Å². The van der Waals surface area contributed by atoms with Crippen LogP contribution in [-0.2, 0) is 19.0 Å². The van der Waals surface area contributed by atoms with Gasteiger partial charge in [-0.25, -0.2) is 4.79 Å². The first kappa shape index (κ1) is 12.4. The lowest BCUT2D eigenvalue weighted by Gasteiger charge is -2.12. The van der Waals surface area contributed by atoms with E-state index < -0.39 is 6.10 Å². The molecule has 0 radical (unpaired) electrons. The molecule has 4 heteroatoms. The van der Waals surface area contributed by atoms with E-state index in [1.165, 1.54) is 7.11 Å². The van der Waals surface area contributed by atoms with Crippen LogP contribution in [0.4, 0.5) is 0 Å². The molecule has 0 spiro atoms. The van der Waals surface area contributed by atoms with Gasteiger partial charge in [0.05, 0.1) is 6.61 Å². The molecule has 78 valence electrons. The molecule has 0 N–H and O–H groups in total. The van der Waals surface area contributed by atoms with Crippen LogP contribution in [0.15, 0.2) is 0 Å². The van der Waals surface area contributed by atoms with E-state index in [0.717, 1.165) is 0 Å². The molecule has 0 aliphatic carbocycles. The first-order chi connectivity index (χ1) is 6.07. The van der Waals surface area contributed by atoms with Crippen LogP contribution in [0.2, 0.25) is 0 Å². The van der Waals surface area contributed by atoms with Gasteiger partial charge in [0.15, 0.2) is 6.10 Å². The zero-order valence-corrected chi connectivity index (χ0v) is 8.70. The third-order valence-electron chi connectivity index (χ3n) is 1.33. The number of hydrogen-bond donors (Lipinski definition) is 0. The van der Waals surface area contributed by atoms with E-state index in [2.05, 4.69) is 4.74 Å². The highest BCUT2D eigenvalue weighted by Gasteiger charge is 2.14. The average Bonchev–Trinajstić information content (AvgIpc) is 2.10. The minimum Gasteiger partial charge on any atom is -0.464 e. The van der Waals surface area contributed by atoms with Crippen molar-refractivity contribution in [3.05, 3.63) is 0 Å². The number of hydrogen-bond acceptors (Lipinski definition) is 4. The van der Waals surface area contributed by atoms with Gasteiger partial charge in [0.1, 0.15) is 6.79 Å². The molecule has 4 nitrogen and oxygen atoms in total. The number of ether oxygens (including phenoxy) is 3. The van der Waals surface area contributed by atoms with Gasteiger partial charge in [-0.15, -0.1) is 0 Å². The van der Waals surface area contributed by atoms with Crippen LogP contribution in [0.25, 0.3) is 0 Å². The Bertz CT molecular complexity index is 145. The molecule has 0 aliphatic rings. The van der Waals surface area contributed by atoms with Crippen LogP contribution in [0.1, 0.15) is 20.8 Å². The number of methoxy groups -OCH3 is 1. The maximum absolute atomic E-state index is 11.2. The molecular formula is C9H18O4. The summed E-state index contributed by atoms with van der Waals surface area (Å²) < 4.78 is 14.6. The summed E-state index contributed by atoms with van der Waals surface area (Å²) in [6.07, 6.45) is -0.557. The minimum atomic E-state index is -0.557. The molecule has 0 amide bonds. The fourth-order valence-corrected chi connectivity index (χ4v) is 0.604. The second-order valence-corrected chi connectivity index (χ2v) is 3.24. The molecule has 0 rings (SSSR count). The van der Waals surface area contributed by atoms with E-state index in [1.807, 2.05) is 13.8 Å². The van der Waals surface area contributed by atoms with Gasteiger partial charge in [-0.05, 0) is 12.8 Å². The number of carbonyl (C=O) groups is 1. The topological polar surface area (TPSA) is 44.8 Å². The summed E-state index contributed by atoms with van der Waals surface area (Å²) in [5.74, 6) is 0.00400. The molecule has 0 aliphatic heterocycles. The van der Waals surface area contributed by atoms with Gasteiger partial charge in [0, 0.05) is 7.11 Å². The number of esters is 1. The smallest absolute Gasteiger partial charge is 0.335 e. The normalized spacial score (nSPS) is 13.0. The van der Waals surface area contributed by atoms with E-state index in [0.29, 0.717) is 12.5 Å². The largest absolute Gasteiger partial charge is 0.464 e. The van der Waals surface area contributed by atoms with Crippen molar-refractivity contribution >= 4 is 5.97 Å². The summed E-state index contributed by atoms with van der Waals surface area (Å²) in [6, 6.07) is 0. The van der Waals surface area contributed by atoms with Crippen LogP contribution in [0.5, 0.6) is 0 Å². The van der Waals surface area contributed by atoms with Crippen molar-refractivity contribution in [2.45, 2.75) is 26.9 Å². The fraction of sp³-hybridized carbons (Fsp3) is 0.889. The molecule has 13 heavy (non-hydrogen) atoms. The lowest BCUT2D eigenvalue weighted by Crippen LogP contribution is -2.25. The summed E-state index contributed by atoms with van der Waals surface area (Å²) in [5.41, 5.74) is 0. The Balaban J connectivity index is 3.57. The summed E-state index contributed by atoms with van der Waals surface area (Å²) >= 11 is 0. The molecule has 0 unspecified atom stereocenters. The van der Waals surface area contributed by atoms with Gasteiger partial charge in [0.25, 0.3) is 0 Å². The second kappa shape index (κ2) is 6.86. The molecular weight excluding hydrogens is 172 g/mol. The van der Waals surface area contributed by atoms with Gasteiger partial charge in [0.2, 0.25) is 0 Å². The minimum absolute atomic E-state index is 0.109. The van der Waals surface area contributed by atoms with Crippen molar-refractivity contribution < 1.29 is 19.0 Å². The summed E-state index contributed by atoms with van der Waals surface area (Å²) in [4.78, 5) is 11.2. The van der Waals surface area contributed by atoms with Crippen molar-refractivity contribution in [3.8, 4) is 0 Å². The molecule has 0 aromatic rings. The standard InChI is InChI=1S/C9H18O4/c1-7(2)5-12-9(10)8(3)13-6-11-4/h7-8H,5-6H2,1-4H3/t8-/m1/s1. The van der Waals surface area contributed by atoms with Crippen LogP contribution >= 0.6 is 0 Å². The highest BCUT2D eigenvalue weighted by atomic mass is 16.7. The predicted molar refractivity (Wildman–Crippen MR) is 48.2 cm³/mol. The van der Waals surface area contributed by atoms with Gasteiger partial charge < -0.3 is 14.2 Å². The molecule has 0 aromatic carbocycles. The third kappa shape index (κ3) is 6.54. The number of rotatable bonds is 6. The predicted octanol–water partition coefficient (Wildman–Crippen LogP) is 1.19. The van der Waals surface area contributed by atoms with E-state index >= 15 is 0 Å². The highest BCUT2D eigenvalue weighted by Crippen LogP contribution is 1.98. The molecule has 0 heterocycles. The molecule has 0 bridgehead atoms. The van der Waals surface area contributed by atoms with Gasteiger partial charge in [-0.2, -0.15) is 0 Å². The van der Waals surface area contributed by atoms with Gasteiger partial charge >= 0.3 is 5.97 Å². The van der Waals surface area contributed by atoms with Crippen molar-refractivity contribution in [3.63, 3.8) is 0 Å². The summed E-state index contributed by atoms with van der Waals surface area (Å²) in [5, 5.41) is 0. The van der Waals surface area contributed by atoms with Crippen LogP contribution in [0.3, 0.4) is 0 Å². The van der Waals surface area contributed by atoms with Crippen molar-refractivity contribution in [1.82, 2.24) is 0 Å². The molecule has 0 saturated carbocycles. The summed E-state index contributed by atoms with van der Waals surface area (Å²) in [6.45, 7) is 6.14. The zero-order chi connectivity index (χ0) is 10.3. The second-order valence-electron chi connectivity index (χ2n) is 3.24. The monoisotopic (exact) mass is 190 g/mol. The van der Waals surface area contributed by atoms with Crippen molar-refractivity contribution in [1.29, 1.82) is 0 Å². The molecule has 1 atom stereocenters. The lowest BCUT2D eigenvalue weighted by atomic mass is 10.2. The Morgan fingerprint density at radius 2 is 1.92 bits per heavy atom. The number of carbonyl (C=O) groups excluding carboxylic acids is 1. The Morgan fingerprint density at radius 3 is 2.38 bits per heavy atom. The van der Waals surface area contributed by atoms with E-state index in [9.17, 15) is 4.79 Å².